The first-order chi connectivity index (χ1) is 15.3. The highest BCUT2D eigenvalue weighted by molar-refractivity contribution is 6.04. The highest BCUT2D eigenvalue weighted by Gasteiger charge is 2.10. The Morgan fingerprint density at radius 3 is 2.19 bits per heavy atom. The molecule has 2 amide bonds. The highest BCUT2D eigenvalue weighted by Crippen LogP contribution is 2.21. The van der Waals surface area contributed by atoms with Crippen molar-refractivity contribution in [2.45, 2.75) is 20.8 Å². The molecule has 7 heteroatoms. The number of hydrogen-bond acceptors (Lipinski definition) is 5. The second-order valence-electron chi connectivity index (χ2n) is 7.19. The third kappa shape index (κ3) is 6.18. The normalized spacial score (nSPS) is 10.2. The van der Waals surface area contributed by atoms with Gasteiger partial charge in [-0.05, 0) is 73.5 Å². The number of amides is 2. The zero-order valence-electron chi connectivity index (χ0n) is 18.1. The van der Waals surface area contributed by atoms with Crippen molar-refractivity contribution in [3.63, 3.8) is 0 Å². The quantitative estimate of drug-likeness (QED) is 0.424. The van der Waals surface area contributed by atoms with Gasteiger partial charge in [-0.15, -0.1) is 0 Å². The molecule has 0 aliphatic heterocycles. The van der Waals surface area contributed by atoms with E-state index in [-0.39, 0.29) is 18.4 Å². The molecule has 0 unspecified atom stereocenters. The number of esters is 1. The van der Waals surface area contributed by atoms with E-state index < -0.39 is 5.97 Å². The lowest BCUT2D eigenvalue weighted by atomic mass is 10.1. The summed E-state index contributed by atoms with van der Waals surface area (Å²) < 4.78 is 10.6. The summed E-state index contributed by atoms with van der Waals surface area (Å²) in [4.78, 5) is 35.7. The van der Waals surface area contributed by atoms with E-state index in [9.17, 15) is 14.4 Å². The number of nitrogens with one attached hydrogen (secondary N) is 2. The van der Waals surface area contributed by atoms with Gasteiger partial charge in [0.05, 0.1) is 0 Å². The maximum Gasteiger partial charge on any atom is 0.308 e. The van der Waals surface area contributed by atoms with E-state index in [1.165, 1.54) is 13.0 Å². The van der Waals surface area contributed by atoms with Gasteiger partial charge in [0.25, 0.3) is 11.8 Å². The van der Waals surface area contributed by atoms with E-state index in [0.717, 1.165) is 11.1 Å². The second kappa shape index (κ2) is 10.3. The van der Waals surface area contributed by atoms with E-state index in [0.29, 0.717) is 28.4 Å². The summed E-state index contributed by atoms with van der Waals surface area (Å²) in [5, 5.41) is 5.52. The molecule has 0 atom stereocenters. The molecule has 0 aromatic heterocycles. The number of ether oxygens (including phenoxy) is 2. The average Bonchev–Trinajstić information content (AvgIpc) is 2.76. The number of carbonyl (C=O) groups is 3. The molecular weight excluding hydrogens is 408 g/mol. The van der Waals surface area contributed by atoms with Gasteiger partial charge in [-0.25, -0.2) is 0 Å². The second-order valence-corrected chi connectivity index (χ2v) is 7.19. The van der Waals surface area contributed by atoms with Gasteiger partial charge in [0.1, 0.15) is 11.5 Å². The minimum Gasteiger partial charge on any atom is -0.483 e. The van der Waals surface area contributed by atoms with Crippen LogP contribution in [-0.4, -0.2) is 24.4 Å². The predicted octanol–water partition coefficient (Wildman–Crippen LogP) is 4.50. The summed E-state index contributed by atoms with van der Waals surface area (Å²) in [5.41, 5.74) is 3.58. The Bertz CT molecular complexity index is 1140. The minimum atomic E-state index is -0.459. The molecule has 32 heavy (non-hydrogen) atoms. The lowest BCUT2D eigenvalue weighted by Gasteiger charge is -2.11. The maximum absolute atomic E-state index is 12.4. The maximum atomic E-state index is 12.4. The number of anilines is 2. The Kier molecular flexibility index (Phi) is 7.23. The molecule has 0 aliphatic carbocycles. The first kappa shape index (κ1) is 22.6. The van der Waals surface area contributed by atoms with Crippen LogP contribution in [0.2, 0.25) is 0 Å². The molecule has 164 valence electrons. The van der Waals surface area contributed by atoms with Crippen LogP contribution in [0.5, 0.6) is 11.5 Å². The molecule has 0 aliphatic rings. The standard InChI is InChI=1S/C25H24N2O5/c1-16-6-4-9-23(17(16)2)31-15-24(29)26-20-10-12-21(13-11-20)27-25(30)19-7-5-8-22(14-19)32-18(3)28/h4-14H,15H2,1-3H3,(H,26,29)(H,27,30). The first-order valence-electron chi connectivity index (χ1n) is 10.0. The molecule has 7 nitrogen and oxygen atoms in total. The summed E-state index contributed by atoms with van der Waals surface area (Å²) >= 11 is 0. The molecule has 3 rings (SSSR count). The van der Waals surface area contributed by atoms with Gasteiger partial charge in [-0.2, -0.15) is 0 Å². The van der Waals surface area contributed by atoms with E-state index in [4.69, 9.17) is 9.47 Å². The van der Waals surface area contributed by atoms with E-state index in [1.807, 2.05) is 32.0 Å². The van der Waals surface area contributed by atoms with Crippen LogP contribution in [0.25, 0.3) is 0 Å². The highest BCUT2D eigenvalue weighted by atomic mass is 16.5. The fourth-order valence-corrected chi connectivity index (χ4v) is 2.93. The molecule has 3 aromatic rings. The van der Waals surface area contributed by atoms with Crippen molar-refractivity contribution in [2.24, 2.45) is 0 Å². The van der Waals surface area contributed by atoms with Crippen LogP contribution in [0.15, 0.2) is 66.7 Å². The number of hydrogen-bond donors (Lipinski definition) is 2. The molecule has 0 heterocycles. The van der Waals surface area contributed by atoms with Gasteiger partial charge in [-0.1, -0.05) is 18.2 Å². The van der Waals surface area contributed by atoms with Crippen molar-refractivity contribution in [1.29, 1.82) is 0 Å². The van der Waals surface area contributed by atoms with Gasteiger partial charge in [0.2, 0.25) is 0 Å². The van der Waals surface area contributed by atoms with Crippen molar-refractivity contribution >= 4 is 29.2 Å². The summed E-state index contributed by atoms with van der Waals surface area (Å²) in [6.07, 6.45) is 0. The first-order valence-corrected chi connectivity index (χ1v) is 10.0. The van der Waals surface area contributed by atoms with Crippen LogP contribution < -0.4 is 20.1 Å². The van der Waals surface area contributed by atoms with Gasteiger partial charge in [-0.3, -0.25) is 14.4 Å². The predicted molar refractivity (Wildman–Crippen MR) is 122 cm³/mol. The number of aryl methyl sites for hydroxylation is 1. The summed E-state index contributed by atoms with van der Waals surface area (Å²) in [6, 6.07) is 18.7. The number of carbonyl (C=O) groups excluding carboxylic acids is 3. The lowest BCUT2D eigenvalue weighted by molar-refractivity contribution is -0.131. The van der Waals surface area contributed by atoms with E-state index >= 15 is 0 Å². The van der Waals surface area contributed by atoms with Gasteiger partial charge >= 0.3 is 5.97 Å². The number of benzene rings is 3. The molecule has 0 spiro atoms. The largest absolute Gasteiger partial charge is 0.483 e. The van der Waals surface area contributed by atoms with Crippen LogP contribution >= 0.6 is 0 Å². The van der Waals surface area contributed by atoms with Crippen LogP contribution in [0.1, 0.15) is 28.4 Å². The van der Waals surface area contributed by atoms with Crippen molar-refractivity contribution < 1.29 is 23.9 Å². The smallest absolute Gasteiger partial charge is 0.308 e. The van der Waals surface area contributed by atoms with Crippen LogP contribution in [0, 0.1) is 13.8 Å². The number of rotatable bonds is 7. The Morgan fingerprint density at radius 2 is 1.50 bits per heavy atom. The molecule has 0 saturated heterocycles. The Morgan fingerprint density at radius 1 is 0.844 bits per heavy atom. The fraction of sp³-hybridized carbons (Fsp3) is 0.160. The molecule has 0 fully saturated rings. The third-order valence-corrected chi connectivity index (χ3v) is 4.70. The van der Waals surface area contributed by atoms with Crippen LogP contribution in [0.3, 0.4) is 0 Å². The van der Waals surface area contributed by atoms with E-state index in [2.05, 4.69) is 10.6 Å². The van der Waals surface area contributed by atoms with Crippen molar-refractivity contribution in [3.05, 3.63) is 83.4 Å². The lowest BCUT2D eigenvalue weighted by Crippen LogP contribution is -2.20. The van der Waals surface area contributed by atoms with E-state index in [1.54, 1.807) is 42.5 Å². The average molecular weight is 432 g/mol. The Balaban J connectivity index is 1.54. The fourth-order valence-electron chi connectivity index (χ4n) is 2.93. The Labute approximate surface area is 186 Å². The van der Waals surface area contributed by atoms with Crippen LogP contribution in [0.4, 0.5) is 11.4 Å². The molecule has 0 saturated carbocycles. The zero-order chi connectivity index (χ0) is 23.1. The summed E-state index contributed by atoms with van der Waals surface area (Å²) in [5.74, 6) is -0.121. The van der Waals surface area contributed by atoms with Crippen molar-refractivity contribution in [2.75, 3.05) is 17.2 Å². The topological polar surface area (TPSA) is 93.7 Å². The van der Waals surface area contributed by atoms with Gasteiger partial charge < -0.3 is 20.1 Å². The molecule has 0 bridgehead atoms. The third-order valence-electron chi connectivity index (χ3n) is 4.70. The molecule has 0 radical (unpaired) electrons. The molecular formula is C25H24N2O5. The summed E-state index contributed by atoms with van der Waals surface area (Å²) in [7, 11) is 0. The summed E-state index contributed by atoms with van der Waals surface area (Å²) in [6.45, 7) is 5.12. The monoisotopic (exact) mass is 432 g/mol. The Hall–Kier alpha value is -4.13. The van der Waals surface area contributed by atoms with Crippen molar-refractivity contribution in [3.8, 4) is 11.5 Å². The molecule has 3 aromatic carbocycles. The van der Waals surface area contributed by atoms with Gasteiger partial charge in [0.15, 0.2) is 6.61 Å². The van der Waals surface area contributed by atoms with Crippen molar-refractivity contribution in [1.82, 2.24) is 0 Å². The van der Waals surface area contributed by atoms with Gasteiger partial charge in [0, 0.05) is 23.9 Å². The van der Waals surface area contributed by atoms with Crippen LogP contribution in [-0.2, 0) is 9.59 Å². The minimum absolute atomic E-state index is 0.110. The SMILES string of the molecule is CC(=O)Oc1cccc(C(=O)Nc2ccc(NC(=O)COc3cccc(C)c3C)cc2)c1. The molecule has 2 N–H and O–H groups in total. The zero-order valence-corrected chi connectivity index (χ0v) is 18.1.